The summed E-state index contributed by atoms with van der Waals surface area (Å²) in [5.74, 6) is -0.0315. The molecule has 2 aromatic rings. The quantitative estimate of drug-likeness (QED) is 0.853. The lowest BCUT2D eigenvalue weighted by Crippen LogP contribution is -2.15. The van der Waals surface area contributed by atoms with Gasteiger partial charge in [-0.3, -0.25) is 0 Å². The van der Waals surface area contributed by atoms with Gasteiger partial charge in [0.25, 0.3) is 0 Å². The van der Waals surface area contributed by atoms with Gasteiger partial charge in [-0.1, -0.05) is 16.8 Å². The Kier molecular flexibility index (Phi) is 4.36. The number of ether oxygens (including phenoxy) is 1. The van der Waals surface area contributed by atoms with Crippen molar-refractivity contribution < 1.29 is 9.13 Å². The first-order valence-electron chi connectivity index (χ1n) is 6.91. The molecule has 112 valence electrons. The number of nitrogens with zero attached hydrogens (tertiary/aromatic N) is 3. The smallest absolute Gasteiger partial charge is 0.145 e. The van der Waals surface area contributed by atoms with Crippen LogP contribution in [0.15, 0.2) is 24.4 Å². The van der Waals surface area contributed by atoms with Gasteiger partial charge >= 0.3 is 0 Å². The predicted molar refractivity (Wildman–Crippen MR) is 76.8 cm³/mol. The van der Waals surface area contributed by atoms with Gasteiger partial charge in [-0.05, 0) is 25.0 Å². The minimum absolute atomic E-state index is 0.0893. The van der Waals surface area contributed by atoms with Crippen LogP contribution in [0.25, 0.3) is 0 Å². The molecule has 1 saturated carbocycles. The number of hydrogen-bond acceptors (Lipinski definition) is 4. The molecule has 0 radical (unpaired) electrons. The molecule has 1 aromatic heterocycles. The molecule has 0 bridgehead atoms. The monoisotopic (exact) mass is 310 g/mol. The lowest BCUT2D eigenvalue weighted by molar-refractivity contribution is 0.288. The van der Waals surface area contributed by atoms with Crippen molar-refractivity contribution in [2.24, 2.45) is 0 Å². The predicted octanol–water partition coefficient (Wildman–Crippen LogP) is 2.40. The molecule has 5 nitrogen and oxygen atoms in total. The molecule has 1 aliphatic rings. The first kappa shape index (κ1) is 14.3. The van der Waals surface area contributed by atoms with Crippen LogP contribution in [0.5, 0.6) is 5.75 Å². The summed E-state index contributed by atoms with van der Waals surface area (Å²) in [6.07, 6.45) is 4.39. The summed E-state index contributed by atoms with van der Waals surface area (Å²) in [7, 11) is 0. The summed E-state index contributed by atoms with van der Waals surface area (Å²) in [5.41, 5.74) is 0.916. The Morgan fingerprint density at radius 2 is 2.29 bits per heavy atom. The van der Waals surface area contributed by atoms with Crippen molar-refractivity contribution in [1.82, 2.24) is 20.3 Å². The highest BCUT2D eigenvalue weighted by Gasteiger charge is 2.20. The van der Waals surface area contributed by atoms with Gasteiger partial charge in [-0.2, -0.15) is 0 Å². The Balaban J connectivity index is 1.44. The molecule has 1 heterocycles. The summed E-state index contributed by atoms with van der Waals surface area (Å²) >= 11 is 5.61. The maximum absolute atomic E-state index is 13.2. The number of aromatic nitrogens is 3. The van der Waals surface area contributed by atoms with Gasteiger partial charge in [-0.25, -0.2) is 9.07 Å². The molecule has 21 heavy (non-hydrogen) atoms. The van der Waals surface area contributed by atoms with Crippen molar-refractivity contribution >= 4 is 11.6 Å². The van der Waals surface area contributed by atoms with Crippen molar-refractivity contribution in [2.45, 2.75) is 32.0 Å². The highest BCUT2D eigenvalue weighted by atomic mass is 35.5. The van der Waals surface area contributed by atoms with Crippen LogP contribution in [0.1, 0.15) is 18.5 Å². The van der Waals surface area contributed by atoms with Crippen LogP contribution in [0, 0.1) is 5.82 Å². The van der Waals surface area contributed by atoms with Crippen LogP contribution in [0.4, 0.5) is 4.39 Å². The molecular formula is C14H16ClFN4O. The Hall–Kier alpha value is -1.66. The van der Waals surface area contributed by atoms with Crippen molar-refractivity contribution in [3.63, 3.8) is 0 Å². The third-order valence-electron chi connectivity index (χ3n) is 3.22. The third kappa shape index (κ3) is 4.15. The minimum atomic E-state index is -0.483. The van der Waals surface area contributed by atoms with Crippen LogP contribution in [0.2, 0.25) is 5.02 Å². The summed E-state index contributed by atoms with van der Waals surface area (Å²) < 4.78 is 20.4. The van der Waals surface area contributed by atoms with Crippen LogP contribution >= 0.6 is 11.6 Å². The molecule has 1 N–H and O–H groups in total. The summed E-state index contributed by atoms with van der Waals surface area (Å²) in [6.45, 7) is 1.69. The van der Waals surface area contributed by atoms with E-state index < -0.39 is 5.82 Å². The van der Waals surface area contributed by atoms with E-state index in [0.717, 1.165) is 12.2 Å². The number of halogens is 2. The number of rotatable bonds is 7. The van der Waals surface area contributed by atoms with E-state index in [-0.39, 0.29) is 5.02 Å². The zero-order chi connectivity index (χ0) is 14.7. The fourth-order valence-corrected chi connectivity index (χ4v) is 2.01. The number of benzene rings is 1. The second-order valence-corrected chi connectivity index (χ2v) is 5.46. The molecule has 0 saturated heterocycles. The van der Waals surface area contributed by atoms with E-state index in [2.05, 4.69) is 15.6 Å². The highest BCUT2D eigenvalue weighted by molar-refractivity contribution is 6.30. The molecule has 0 spiro atoms. The Morgan fingerprint density at radius 1 is 1.43 bits per heavy atom. The van der Waals surface area contributed by atoms with Crippen LogP contribution in [-0.4, -0.2) is 27.6 Å². The summed E-state index contributed by atoms with van der Waals surface area (Å²) in [5, 5.41) is 11.6. The largest absolute Gasteiger partial charge is 0.492 e. The molecule has 0 atom stereocenters. The van der Waals surface area contributed by atoms with Gasteiger partial charge in [0.2, 0.25) is 0 Å². The SMILES string of the molecule is Fc1cc(OCCn2cc(CNC3CC3)nn2)ccc1Cl. The van der Waals surface area contributed by atoms with Gasteiger partial charge in [-0.15, -0.1) is 5.10 Å². The summed E-state index contributed by atoms with van der Waals surface area (Å²) in [4.78, 5) is 0. The molecule has 1 fully saturated rings. The van der Waals surface area contributed by atoms with E-state index in [1.54, 1.807) is 10.7 Å². The molecule has 1 aliphatic carbocycles. The molecule has 0 amide bonds. The lowest BCUT2D eigenvalue weighted by Gasteiger charge is -2.06. The second-order valence-electron chi connectivity index (χ2n) is 5.05. The zero-order valence-electron chi connectivity index (χ0n) is 11.4. The average molecular weight is 311 g/mol. The van der Waals surface area contributed by atoms with Gasteiger partial charge in [0.1, 0.15) is 18.2 Å². The number of nitrogens with one attached hydrogen (secondary N) is 1. The van der Waals surface area contributed by atoms with Crippen molar-refractivity contribution in [1.29, 1.82) is 0 Å². The van der Waals surface area contributed by atoms with Gasteiger partial charge in [0.05, 0.1) is 17.3 Å². The maximum Gasteiger partial charge on any atom is 0.145 e. The van der Waals surface area contributed by atoms with Crippen LogP contribution < -0.4 is 10.1 Å². The Bertz CT molecular complexity index is 615. The second kappa shape index (κ2) is 6.41. The van der Waals surface area contributed by atoms with Gasteiger partial charge < -0.3 is 10.1 Å². The fraction of sp³-hybridized carbons (Fsp3) is 0.429. The van der Waals surface area contributed by atoms with Crippen molar-refractivity contribution in [3.8, 4) is 5.75 Å². The van der Waals surface area contributed by atoms with E-state index in [1.165, 1.54) is 25.0 Å². The molecule has 0 aliphatic heterocycles. The third-order valence-corrected chi connectivity index (χ3v) is 3.52. The van der Waals surface area contributed by atoms with Crippen LogP contribution in [0.3, 0.4) is 0 Å². The normalized spacial score (nSPS) is 14.4. The van der Waals surface area contributed by atoms with Crippen molar-refractivity contribution in [3.05, 3.63) is 40.9 Å². The minimum Gasteiger partial charge on any atom is -0.492 e. The maximum atomic E-state index is 13.2. The van der Waals surface area contributed by atoms with E-state index in [0.29, 0.717) is 24.9 Å². The lowest BCUT2D eigenvalue weighted by atomic mass is 10.3. The van der Waals surface area contributed by atoms with Crippen LogP contribution in [-0.2, 0) is 13.1 Å². The van der Waals surface area contributed by atoms with E-state index in [4.69, 9.17) is 16.3 Å². The highest BCUT2D eigenvalue weighted by Crippen LogP contribution is 2.20. The fourth-order valence-electron chi connectivity index (χ4n) is 1.89. The van der Waals surface area contributed by atoms with Crippen molar-refractivity contribution in [2.75, 3.05) is 6.61 Å². The topological polar surface area (TPSA) is 52.0 Å². The Labute approximate surface area is 127 Å². The molecular weight excluding hydrogens is 295 g/mol. The first-order chi connectivity index (χ1) is 10.2. The zero-order valence-corrected chi connectivity index (χ0v) is 12.2. The average Bonchev–Trinajstić information content (AvgIpc) is 3.20. The number of hydrogen-bond donors (Lipinski definition) is 1. The van der Waals surface area contributed by atoms with Gasteiger partial charge in [0.15, 0.2) is 0 Å². The van der Waals surface area contributed by atoms with E-state index >= 15 is 0 Å². The van der Waals surface area contributed by atoms with Gasteiger partial charge in [0, 0.05) is 24.8 Å². The molecule has 0 unspecified atom stereocenters. The molecule has 7 heteroatoms. The Morgan fingerprint density at radius 3 is 3.05 bits per heavy atom. The molecule has 3 rings (SSSR count). The van der Waals surface area contributed by atoms with E-state index in [1.807, 2.05) is 6.20 Å². The van der Waals surface area contributed by atoms with E-state index in [9.17, 15) is 4.39 Å². The summed E-state index contributed by atoms with van der Waals surface area (Å²) in [6, 6.07) is 5.04. The first-order valence-corrected chi connectivity index (χ1v) is 7.29. The standard InChI is InChI=1S/C14H16ClFN4O/c15-13-4-3-12(7-14(13)16)21-6-5-20-9-11(18-19-20)8-17-10-1-2-10/h3-4,7,9-10,17H,1-2,5-6,8H2. The molecule has 1 aromatic carbocycles.